The molecule has 5 rings (SSSR count). The van der Waals surface area contributed by atoms with Crippen LogP contribution in [0.4, 0.5) is 0 Å². The second kappa shape index (κ2) is 6.56. The van der Waals surface area contributed by atoms with Crippen molar-refractivity contribution in [3.63, 3.8) is 0 Å². The maximum absolute atomic E-state index is 12.4. The summed E-state index contributed by atoms with van der Waals surface area (Å²) in [6.07, 6.45) is 5.91. The van der Waals surface area contributed by atoms with E-state index in [0.717, 1.165) is 44.0 Å². The number of fused-ring (bicyclic) bond motifs is 1. The van der Waals surface area contributed by atoms with Gasteiger partial charge in [-0.05, 0) is 67.0 Å². The molecule has 1 aromatic carbocycles. The van der Waals surface area contributed by atoms with Crippen LogP contribution >= 0.6 is 0 Å². The smallest absolute Gasteiger partial charge is 0.407 e. The van der Waals surface area contributed by atoms with E-state index in [9.17, 15) is 8.42 Å². The normalized spacial score (nSPS) is 36.1. The summed E-state index contributed by atoms with van der Waals surface area (Å²) in [7, 11) is -3.44. The Hall–Kier alpha value is -0.885. The molecule has 2 heterocycles. The van der Waals surface area contributed by atoms with Crippen molar-refractivity contribution in [1.29, 1.82) is 0 Å². The fourth-order valence-corrected chi connectivity index (χ4v) is 7.58. The van der Waals surface area contributed by atoms with Crippen molar-refractivity contribution in [2.45, 2.75) is 57.9 Å². The van der Waals surface area contributed by atoms with Gasteiger partial charge in [-0.1, -0.05) is 32.0 Å². The van der Waals surface area contributed by atoms with Gasteiger partial charge in [0.2, 0.25) is 10.0 Å². The third-order valence-corrected chi connectivity index (χ3v) is 8.87. The summed E-state index contributed by atoms with van der Waals surface area (Å²) in [6, 6.07) is 6.62. The molecule has 1 N–H and O–H groups in total. The lowest BCUT2D eigenvalue weighted by Gasteiger charge is -2.42. The zero-order chi connectivity index (χ0) is 19.6. The van der Waals surface area contributed by atoms with Crippen LogP contribution < -0.4 is 10.2 Å². The van der Waals surface area contributed by atoms with Gasteiger partial charge in [0.15, 0.2) is 0 Å². The van der Waals surface area contributed by atoms with E-state index >= 15 is 0 Å². The molecule has 5 nitrogen and oxygen atoms in total. The van der Waals surface area contributed by atoms with Crippen LogP contribution in [-0.2, 0) is 32.2 Å². The molecular weight excluding hydrogens is 373 g/mol. The molecule has 2 aliphatic carbocycles. The molecule has 0 amide bonds. The second-order valence-electron chi connectivity index (χ2n) is 10.1. The number of rotatable bonds is 1. The molecule has 4 aliphatic rings. The monoisotopic (exact) mass is 403 g/mol. The maximum atomic E-state index is 12.4. The van der Waals surface area contributed by atoms with Gasteiger partial charge in [0.05, 0.1) is 5.75 Å². The van der Waals surface area contributed by atoms with Crippen LogP contribution in [0.2, 0.25) is 0 Å². The molecule has 2 aliphatic heterocycles. The SMILES string of the molecule is CC1(C)COB(c2ccc3c(c2)C[C@H]2CC[C@@H](C3)[C@]23CCCS(=O)(=O)N3)OC1. The lowest BCUT2D eigenvalue weighted by molar-refractivity contribution is 0.0343. The Morgan fingerprint density at radius 2 is 1.75 bits per heavy atom. The van der Waals surface area contributed by atoms with Crippen LogP contribution in [0.25, 0.3) is 0 Å². The van der Waals surface area contributed by atoms with Gasteiger partial charge in [0.25, 0.3) is 0 Å². The summed E-state index contributed by atoms with van der Waals surface area (Å²) < 4.78 is 39.9. The van der Waals surface area contributed by atoms with E-state index in [1.54, 1.807) is 0 Å². The van der Waals surface area contributed by atoms with Gasteiger partial charge < -0.3 is 9.31 Å². The Morgan fingerprint density at radius 3 is 2.43 bits per heavy atom. The van der Waals surface area contributed by atoms with Gasteiger partial charge in [-0.3, -0.25) is 0 Å². The lowest BCUT2D eigenvalue weighted by atomic mass is 9.74. The van der Waals surface area contributed by atoms with E-state index in [2.05, 4.69) is 36.8 Å². The molecule has 1 saturated carbocycles. The van der Waals surface area contributed by atoms with Gasteiger partial charge >= 0.3 is 7.12 Å². The Labute approximate surface area is 168 Å². The standard InChI is InChI=1S/C21H30BNO4S/c1-20(2)13-26-22(27-14-20)19-7-4-15-10-17-5-6-18(11-16(15)12-19)21(17)8-3-9-28(24,25)23-21/h4,7,12,17-18,23H,3,5-6,8-11,13-14H2,1-2H3/t17-,18+,21+/m0/s1. The van der Waals surface area contributed by atoms with Crippen molar-refractivity contribution in [3.8, 4) is 0 Å². The molecule has 28 heavy (non-hydrogen) atoms. The predicted octanol–water partition coefficient (Wildman–Crippen LogP) is 2.03. The van der Waals surface area contributed by atoms with Crippen molar-refractivity contribution >= 4 is 22.6 Å². The fraction of sp³-hybridized carbons (Fsp3) is 0.714. The summed E-state index contributed by atoms with van der Waals surface area (Å²) >= 11 is 0. The van der Waals surface area contributed by atoms with Crippen molar-refractivity contribution in [1.82, 2.24) is 4.72 Å². The van der Waals surface area contributed by atoms with Crippen LogP contribution in [0.15, 0.2) is 18.2 Å². The summed E-state index contributed by atoms with van der Waals surface area (Å²) in [6.45, 7) is 5.71. The van der Waals surface area contributed by atoms with Gasteiger partial charge in [-0.15, -0.1) is 0 Å². The summed E-state index contributed by atoms with van der Waals surface area (Å²) in [5.41, 5.74) is 3.64. The topological polar surface area (TPSA) is 64.6 Å². The van der Waals surface area contributed by atoms with Crippen LogP contribution in [0.1, 0.15) is 50.7 Å². The highest BCUT2D eigenvalue weighted by Gasteiger charge is 2.54. The Morgan fingerprint density at radius 1 is 1.07 bits per heavy atom. The first-order valence-electron chi connectivity index (χ1n) is 10.6. The summed E-state index contributed by atoms with van der Waals surface area (Å²) in [5, 5.41) is 0. The molecule has 2 bridgehead atoms. The van der Waals surface area contributed by atoms with Gasteiger partial charge in [-0.25, -0.2) is 13.1 Å². The van der Waals surface area contributed by atoms with Crippen molar-refractivity contribution in [3.05, 3.63) is 29.3 Å². The highest BCUT2D eigenvalue weighted by atomic mass is 32.2. The molecule has 1 spiro atoms. The largest absolute Gasteiger partial charge is 0.493 e. The Bertz CT molecular complexity index is 876. The zero-order valence-corrected chi connectivity index (χ0v) is 17.7. The molecular formula is C21H30BNO4S. The average Bonchev–Trinajstić information content (AvgIpc) is 2.84. The average molecular weight is 403 g/mol. The molecule has 1 aromatic rings. The van der Waals surface area contributed by atoms with E-state index in [4.69, 9.17) is 9.31 Å². The van der Waals surface area contributed by atoms with Crippen molar-refractivity contribution in [2.75, 3.05) is 19.0 Å². The lowest BCUT2D eigenvalue weighted by Crippen LogP contribution is -2.58. The highest BCUT2D eigenvalue weighted by molar-refractivity contribution is 7.89. The van der Waals surface area contributed by atoms with Crippen LogP contribution in [0, 0.1) is 17.3 Å². The van der Waals surface area contributed by atoms with Gasteiger partial charge in [0.1, 0.15) is 0 Å². The Kier molecular flexibility index (Phi) is 4.47. The third-order valence-electron chi connectivity index (χ3n) is 7.36. The van der Waals surface area contributed by atoms with Crippen LogP contribution in [0.5, 0.6) is 0 Å². The number of nitrogens with one attached hydrogen (secondary N) is 1. The van der Waals surface area contributed by atoms with Crippen molar-refractivity contribution < 1.29 is 17.7 Å². The zero-order valence-electron chi connectivity index (χ0n) is 16.9. The quantitative estimate of drug-likeness (QED) is 0.729. The highest BCUT2D eigenvalue weighted by Crippen LogP contribution is 2.50. The number of hydrogen-bond acceptors (Lipinski definition) is 4. The molecule has 7 heteroatoms. The number of benzene rings is 1. The summed E-state index contributed by atoms with van der Waals surface area (Å²) in [4.78, 5) is 0. The minimum atomic E-state index is -3.15. The molecule has 152 valence electrons. The first-order valence-corrected chi connectivity index (χ1v) is 12.3. The molecule has 3 atom stereocenters. The molecule has 0 aromatic heterocycles. The van der Waals surface area contributed by atoms with Crippen LogP contribution in [0.3, 0.4) is 0 Å². The first-order chi connectivity index (χ1) is 13.3. The van der Waals surface area contributed by atoms with E-state index in [1.165, 1.54) is 11.1 Å². The third kappa shape index (κ3) is 3.24. The van der Waals surface area contributed by atoms with Crippen LogP contribution in [-0.4, -0.2) is 40.0 Å². The van der Waals surface area contributed by atoms with Gasteiger partial charge in [-0.2, -0.15) is 0 Å². The summed E-state index contributed by atoms with van der Waals surface area (Å²) in [5.74, 6) is 1.07. The number of hydrogen-bond donors (Lipinski definition) is 1. The predicted molar refractivity (Wildman–Crippen MR) is 110 cm³/mol. The molecule has 0 unspecified atom stereocenters. The van der Waals surface area contributed by atoms with Crippen molar-refractivity contribution in [2.24, 2.45) is 17.3 Å². The second-order valence-corrected chi connectivity index (χ2v) is 11.9. The maximum Gasteiger partial charge on any atom is 0.493 e. The first kappa shape index (κ1) is 19.1. The van der Waals surface area contributed by atoms with E-state index in [0.29, 0.717) is 25.0 Å². The minimum absolute atomic E-state index is 0.0614. The minimum Gasteiger partial charge on any atom is -0.407 e. The van der Waals surface area contributed by atoms with E-state index < -0.39 is 10.0 Å². The Balaban J connectivity index is 1.42. The number of sulfonamides is 1. The van der Waals surface area contributed by atoms with E-state index in [-0.39, 0.29) is 23.8 Å². The van der Waals surface area contributed by atoms with E-state index in [1.807, 2.05) is 0 Å². The molecule has 2 saturated heterocycles. The molecule has 3 fully saturated rings. The molecule has 0 radical (unpaired) electrons. The fourth-order valence-electron chi connectivity index (χ4n) is 5.94. The van der Waals surface area contributed by atoms with Gasteiger partial charge in [0, 0.05) is 24.2 Å².